The van der Waals surface area contributed by atoms with Gasteiger partial charge >= 0.3 is 5.97 Å². The van der Waals surface area contributed by atoms with Crippen molar-refractivity contribution in [2.24, 2.45) is 0 Å². The first-order chi connectivity index (χ1) is 8.79. The highest BCUT2D eigenvalue weighted by Gasteiger charge is 2.06. The topological polar surface area (TPSA) is 69.9 Å². The molecule has 18 heavy (non-hydrogen) atoms. The van der Waals surface area contributed by atoms with Crippen molar-refractivity contribution < 1.29 is 9.53 Å². The number of esters is 1. The van der Waals surface area contributed by atoms with E-state index in [0.29, 0.717) is 12.2 Å². The van der Waals surface area contributed by atoms with E-state index in [9.17, 15) is 4.79 Å². The molecule has 0 unspecified atom stereocenters. The molecule has 0 aliphatic rings. The first-order valence-corrected chi connectivity index (χ1v) is 5.14. The van der Waals surface area contributed by atoms with Crippen LogP contribution in [0.3, 0.4) is 0 Å². The fourth-order valence-electron chi connectivity index (χ4n) is 1.20. The molecule has 0 atom stereocenters. The molecule has 0 spiro atoms. The molecule has 6 heteroatoms. The second kappa shape index (κ2) is 5.59. The summed E-state index contributed by atoms with van der Waals surface area (Å²) in [5, 5.41) is 0. The van der Waals surface area contributed by atoms with Crippen molar-refractivity contribution in [3.05, 3.63) is 42.5 Å². The van der Waals surface area contributed by atoms with Gasteiger partial charge in [-0.2, -0.15) is 0 Å². The van der Waals surface area contributed by atoms with E-state index in [1.807, 2.05) is 10.8 Å². The molecule has 0 saturated carbocycles. The standard InChI is InChI=1S/C12H10N4O2/c1-18-12(17)11-8-14-10(7-15-11)3-2-5-16-6-4-13-9-16/h4,6-9H,5H2,1H3. The fraction of sp³-hybridized carbons (Fsp3) is 0.167. The molecule has 0 N–H and O–H groups in total. The Hall–Kier alpha value is -2.68. The molecule has 0 aliphatic heterocycles. The lowest BCUT2D eigenvalue weighted by Gasteiger charge is -1.96. The summed E-state index contributed by atoms with van der Waals surface area (Å²) >= 11 is 0. The number of carbonyl (C=O) groups is 1. The Balaban J connectivity index is 2.02. The van der Waals surface area contributed by atoms with Crippen LogP contribution in [-0.2, 0) is 11.3 Å². The summed E-state index contributed by atoms with van der Waals surface area (Å²) in [5.41, 5.74) is 0.667. The number of aromatic nitrogens is 4. The van der Waals surface area contributed by atoms with Gasteiger partial charge in [0.15, 0.2) is 5.69 Å². The van der Waals surface area contributed by atoms with E-state index >= 15 is 0 Å². The minimum atomic E-state index is -0.513. The summed E-state index contributed by atoms with van der Waals surface area (Å²) < 4.78 is 6.36. The van der Waals surface area contributed by atoms with Gasteiger partial charge < -0.3 is 9.30 Å². The number of methoxy groups -OCH3 is 1. The van der Waals surface area contributed by atoms with Gasteiger partial charge in [-0.3, -0.25) is 0 Å². The normalized spacial score (nSPS) is 9.39. The van der Waals surface area contributed by atoms with Gasteiger partial charge in [-0.1, -0.05) is 5.92 Å². The minimum Gasteiger partial charge on any atom is -0.464 e. The van der Waals surface area contributed by atoms with E-state index < -0.39 is 5.97 Å². The molecule has 0 aliphatic carbocycles. The highest BCUT2D eigenvalue weighted by atomic mass is 16.5. The Kier molecular flexibility index (Phi) is 3.66. The summed E-state index contributed by atoms with van der Waals surface area (Å²) in [6.07, 6.45) is 7.97. The summed E-state index contributed by atoms with van der Waals surface area (Å²) in [6, 6.07) is 0. The summed E-state index contributed by atoms with van der Waals surface area (Å²) in [5.74, 6) is 5.25. The molecule has 2 aromatic heterocycles. The summed E-state index contributed by atoms with van der Waals surface area (Å²) in [7, 11) is 1.29. The Morgan fingerprint density at radius 1 is 1.44 bits per heavy atom. The maximum atomic E-state index is 11.1. The molecule has 2 rings (SSSR count). The van der Waals surface area contributed by atoms with Crippen LogP contribution >= 0.6 is 0 Å². The molecular formula is C12H10N4O2. The molecule has 0 amide bonds. The van der Waals surface area contributed by atoms with Crippen molar-refractivity contribution in [1.82, 2.24) is 19.5 Å². The quantitative estimate of drug-likeness (QED) is 0.567. The largest absolute Gasteiger partial charge is 0.464 e. The van der Waals surface area contributed by atoms with Gasteiger partial charge in [0.1, 0.15) is 5.69 Å². The summed E-state index contributed by atoms with van der Waals surface area (Å²) in [6.45, 7) is 0.528. The number of ether oxygens (including phenoxy) is 1. The van der Waals surface area contributed by atoms with E-state index in [2.05, 4.69) is 31.5 Å². The zero-order valence-electron chi connectivity index (χ0n) is 9.70. The third-order valence-electron chi connectivity index (χ3n) is 2.08. The molecule has 6 nitrogen and oxygen atoms in total. The van der Waals surface area contributed by atoms with Gasteiger partial charge in [0.25, 0.3) is 0 Å². The third-order valence-corrected chi connectivity index (χ3v) is 2.08. The van der Waals surface area contributed by atoms with Crippen LogP contribution in [0.5, 0.6) is 0 Å². The van der Waals surface area contributed by atoms with E-state index in [0.717, 1.165) is 0 Å². The first-order valence-electron chi connectivity index (χ1n) is 5.14. The number of hydrogen-bond acceptors (Lipinski definition) is 5. The van der Waals surface area contributed by atoms with Crippen molar-refractivity contribution >= 4 is 5.97 Å². The van der Waals surface area contributed by atoms with Gasteiger partial charge in [0.05, 0.1) is 32.4 Å². The zero-order valence-corrected chi connectivity index (χ0v) is 9.70. The molecule has 2 heterocycles. The SMILES string of the molecule is COC(=O)c1cnc(C#CCn2ccnc2)cn1. The number of imidazole rings is 1. The minimum absolute atomic E-state index is 0.164. The van der Waals surface area contributed by atoms with Crippen LogP contribution in [0.4, 0.5) is 0 Å². The van der Waals surface area contributed by atoms with E-state index in [-0.39, 0.29) is 5.69 Å². The zero-order chi connectivity index (χ0) is 12.8. The number of carbonyl (C=O) groups excluding carboxylic acids is 1. The lowest BCUT2D eigenvalue weighted by molar-refractivity contribution is 0.0593. The van der Waals surface area contributed by atoms with Gasteiger partial charge in [-0.25, -0.2) is 19.7 Å². The van der Waals surface area contributed by atoms with E-state index in [1.165, 1.54) is 19.5 Å². The van der Waals surface area contributed by atoms with Gasteiger partial charge in [0, 0.05) is 12.4 Å². The fourth-order valence-corrected chi connectivity index (χ4v) is 1.20. The Morgan fingerprint density at radius 3 is 2.94 bits per heavy atom. The van der Waals surface area contributed by atoms with Crippen LogP contribution in [0.1, 0.15) is 16.2 Å². The van der Waals surface area contributed by atoms with E-state index in [1.54, 1.807) is 12.5 Å². The molecule has 0 aromatic carbocycles. The Labute approximate surface area is 104 Å². The van der Waals surface area contributed by atoms with Crippen molar-refractivity contribution in [3.63, 3.8) is 0 Å². The molecule has 0 fully saturated rings. The number of hydrogen-bond donors (Lipinski definition) is 0. The summed E-state index contributed by atoms with van der Waals surface area (Å²) in [4.78, 5) is 22.9. The second-order valence-electron chi connectivity index (χ2n) is 3.32. The molecular weight excluding hydrogens is 232 g/mol. The molecule has 0 radical (unpaired) electrons. The van der Waals surface area contributed by atoms with Crippen molar-refractivity contribution in [2.75, 3.05) is 7.11 Å². The van der Waals surface area contributed by atoms with Crippen molar-refractivity contribution in [2.45, 2.75) is 6.54 Å². The number of rotatable bonds is 2. The second-order valence-corrected chi connectivity index (χ2v) is 3.32. The average Bonchev–Trinajstić information content (AvgIpc) is 2.92. The smallest absolute Gasteiger partial charge is 0.358 e. The molecule has 2 aromatic rings. The third kappa shape index (κ3) is 2.92. The van der Waals surface area contributed by atoms with Crippen LogP contribution in [-0.4, -0.2) is 32.6 Å². The first kappa shape index (κ1) is 11.8. The lowest BCUT2D eigenvalue weighted by Crippen LogP contribution is -2.05. The Bertz CT molecular complexity index is 579. The highest BCUT2D eigenvalue weighted by Crippen LogP contribution is 1.96. The average molecular weight is 242 g/mol. The Morgan fingerprint density at radius 2 is 2.33 bits per heavy atom. The van der Waals surface area contributed by atoms with Crippen molar-refractivity contribution in [3.8, 4) is 11.8 Å². The van der Waals surface area contributed by atoms with Gasteiger partial charge in [0.2, 0.25) is 0 Å². The van der Waals surface area contributed by atoms with Crippen LogP contribution in [0.25, 0.3) is 0 Å². The van der Waals surface area contributed by atoms with Gasteiger partial charge in [-0.05, 0) is 5.92 Å². The maximum absolute atomic E-state index is 11.1. The van der Waals surface area contributed by atoms with Crippen LogP contribution in [0, 0.1) is 11.8 Å². The predicted molar refractivity (Wildman–Crippen MR) is 62.5 cm³/mol. The molecule has 0 bridgehead atoms. The monoisotopic (exact) mass is 242 g/mol. The van der Waals surface area contributed by atoms with Crippen LogP contribution in [0.2, 0.25) is 0 Å². The lowest BCUT2D eigenvalue weighted by atomic mass is 10.4. The van der Waals surface area contributed by atoms with Crippen LogP contribution in [0.15, 0.2) is 31.1 Å². The highest BCUT2D eigenvalue weighted by molar-refractivity contribution is 5.86. The molecule has 0 saturated heterocycles. The number of nitrogens with zero attached hydrogens (tertiary/aromatic N) is 4. The van der Waals surface area contributed by atoms with Crippen molar-refractivity contribution in [1.29, 1.82) is 0 Å². The van der Waals surface area contributed by atoms with Gasteiger partial charge in [-0.15, -0.1) is 0 Å². The molecule has 90 valence electrons. The van der Waals surface area contributed by atoms with E-state index in [4.69, 9.17) is 0 Å². The van der Waals surface area contributed by atoms with Crippen LogP contribution < -0.4 is 0 Å². The maximum Gasteiger partial charge on any atom is 0.358 e. The predicted octanol–water partition coefficient (Wildman–Crippen LogP) is 0.511.